The number of ether oxygens (including phenoxy) is 1. The Morgan fingerprint density at radius 3 is 2.53 bits per heavy atom. The summed E-state index contributed by atoms with van der Waals surface area (Å²) >= 11 is 0. The van der Waals surface area contributed by atoms with Crippen molar-refractivity contribution < 1.29 is 9.53 Å². The van der Waals surface area contributed by atoms with E-state index in [9.17, 15) is 4.79 Å². The van der Waals surface area contributed by atoms with E-state index in [1.54, 1.807) is 0 Å². The molecule has 3 atom stereocenters. The standard InChI is InChI=1S/C13H18O2/c1-8-10-12(14)15-11(13(8,10)2)9-6-4-3-5-7-9/h9-11H,1,3-7H2,2H3/t10-,11+,13-/m0/s1. The first-order valence-corrected chi connectivity index (χ1v) is 6.05. The summed E-state index contributed by atoms with van der Waals surface area (Å²) in [4.78, 5) is 11.6. The van der Waals surface area contributed by atoms with E-state index in [1.807, 2.05) is 0 Å². The molecule has 0 N–H and O–H groups in total. The molecule has 0 unspecified atom stereocenters. The van der Waals surface area contributed by atoms with Gasteiger partial charge in [-0.05, 0) is 18.8 Å². The molecule has 2 saturated carbocycles. The maximum absolute atomic E-state index is 11.6. The first-order chi connectivity index (χ1) is 7.15. The second kappa shape index (κ2) is 2.87. The summed E-state index contributed by atoms with van der Waals surface area (Å²) < 4.78 is 5.54. The van der Waals surface area contributed by atoms with Crippen LogP contribution in [0.5, 0.6) is 0 Å². The highest BCUT2D eigenvalue weighted by Gasteiger charge is 2.71. The highest BCUT2D eigenvalue weighted by molar-refractivity contribution is 5.87. The van der Waals surface area contributed by atoms with Crippen LogP contribution in [0, 0.1) is 17.3 Å². The minimum absolute atomic E-state index is 0.000903. The number of carbonyl (C=O) groups is 1. The summed E-state index contributed by atoms with van der Waals surface area (Å²) in [6.45, 7) is 6.17. The monoisotopic (exact) mass is 206 g/mol. The molecule has 0 amide bonds. The number of esters is 1. The zero-order valence-electron chi connectivity index (χ0n) is 9.29. The lowest BCUT2D eigenvalue weighted by molar-refractivity contribution is -0.147. The van der Waals surface area contributed by atoms with Gasteiger partial charge in [-0.2, -0.15) is 0 Å². The van der Waals surface area contributed by atoms with Crippen LogP contribution in [0.15, 0.2) is 12.2 Å². The molecule has 2 nitrogen and oxygen atoms in total. The molecule has 82 valence electrons. The van der Waals surface area contributed by atoms with Crippen molar-refractivity contribution in [3.63, 3.8) is 0 Å². The molecule has 0 aromatic rings. The van der Waals surface area contributed by atoms with Gasteiger partial charge in [0.25, 0.3) is 0 Å². The molecule has 0 aromatic heterocycles. The van der Waals surface area contributed by atoms with Crippen LogP contribution in [0.2, 0.25) is 0 Å². The lowest BCUT2D eigenvalue weighted by Gasteiger charge is -2.30. The summed E-state index contributed by atoms with van der Waals surface area (Å²) in [6.07, 6.45) is 6.54. The summed E-state index contributed by atoms with van der Waals surface area (Å²) in [6, 6.07) is 0. The predicted octanol–water partition coefficient (Wildman–Crippen LogP) is 2.68. The largest absolute Gasteiger partial charge is 0.461 e. The van der Waals surface area contributed by atoms with Gasteiger partial charge in [0.1, 0.15) is 6.10 Å². The molecule has 0 radical (unpaired) electrons. The number of hydrogen-bond acceptors (Lipinski definition) is 2. The topological polar surface area (TPSA) is 26.3 Å². The van der Waals surface area contributed by atoms with Gasteiger partial charge in [0.05, 0.1) is 5.92 Å². The van der Waals surface area contributed by atoms with E-state index in [-0.39, 0.29) is 23.4 Å². The first kappa shape index (κ1) is 9.44. The third kappa shape index (κ3) is 1.08. The molecule has 3 rings (SSSR count). The maximum Gasteiger partial charge on any atom is 0.314 e. The fourth-order valence-electron chi connectivity index (χ4n) is 3.60. The molecule has 3 aliphatic rings. The Balaban J connectivity index is 1.82. The van der Waals surface area contributed by atoms with Gasteiger partial charge in [-0.3, -0.25) is 4.79 Å². The molecule has 0 spiro atoms. The molecular formula is C13H18O2. The normalized spacial score (nSPS) is 45.1. The first-order valence-electron chi connectivity index (χ1n) is 6.05. The number of fused-ring (bicyclic) bond motifs is 1. The molecule has 1 aliphatic heterocycles. The van der Waals surface area contributed by atoms with Crippen LogP contribution in [0.3, 0.4) is 0 Å². The van der Waals surface area contributed by atoms with Crippen molar-refractivity contribution in [2.75, 3.05) is 0 Å². The lowest BCUT2D eigenvalue weighted by atomic mass is 9.79. The minimum atomic E-state index is -0.0157. The van der Waals surface area contributed by atoms with Crippen molar-refractivity contribution >= 4 is 5.97 Å². The summed E-state index contributed by atoms with van der Waals surface area (Å²) in [7, 11) is 0. The molecule has 0 bridgehead atoms. The quantitative estimate of drug-likeness (QED) is 0.487. The van der Waals surface area contributed by atoms with E-state index in [1.165, 1.54) is 32.1 Å². The van der Waals surface area contributed by atoms with E-state index in [0.717, 1.165) is 5.57 Å². The van der Waals surface area contributed by atoms with Crippen LogP contribution in [0.1, 0.15) is 39.0 Å². The van der Waals surface area contributed by atoms with E-state index in [4.69, 9.17) is 4.74 Å². The molecule has 2 heteroatoms. The summed E-state index contributed by atoms with van der Waals surface area (Å²) in [5, 5.41) is 0. The Bertz CT molecular complexity index is 319. The van der Waals surface area contributed by atoms with E-state index < -0.39 is 0 Å². The van der Waals surface area contributed by atoms with E-state index >= 15 is 0 Å². The molecule has 1 saturated heterocycles. The lowest BCUT2D eigenvalue weighted by Crippen LogP contribution is -2.31. The average molecular weight is 206 g/mol. The number of hydrogen-bond donors (Lipinski definition) is 0. The van der Waals surface area contributed by atoms with Crippen molar-refractivity contribution in [1.82, 2.24) is 0 Å². The Kier molecular flexibility index (Phi) is 1.80. The fourth-order valence-corrected chi connectivity index (χ4v) is 3.60. The molecule has 1 heterocycles. The molecular weight excluding hydrogens is 188 g/mol. The van der Waals surface area contributed by atoms with Crippen molar-refractivity contribution in [2.45, 2.75) is 45.1 Å². The molecule has 2 aliphatic carbocycles. The summed E-state index contributed by atoms with van der Waals surface area (Å²) in [5.74, 6) is 0.611. The second-order valence-corrected chi connectivity index (χ2v) is 5.50. The maximum atomic E-state index is 11.6. The van der Waals surface area contributed by atoms with Crippen molar-refractivity contribution in [1.29, 1.82) is 0 Å². The zero-order valence-corrected chi connectivity index (χ0v) is 9.29. The van der Waals surface area contributed by atoms with Gasteiger partial charge in [0.15, 0.2) is 0 Å². The van der Waals surface area contributed by atoms with Crippen molar-refractivity contribution in [3.05, 3.63) is 12.2 Å². The van der Waals surface area contributed by atoms with Crippen LogP contribution < -0.4 is 0 Å². The summed E-state index contributed by atoms with van der Waals surface area (Å²) in [5.41, 5.74) is 1.12. The third-order valence-corrected chi connectivity index (χ3v) is 4.70. The zero-order chi connectivity index (χ0) is 10.6. The van der Waals surface area contributed by atoms with Gasteiger partial charge in [0, 0.05) is 5.41 Å². The highest BCUT2D eigenvalue weighted by atomic mass is 16.6. The molecule has 3 fully saturated rings. The predicted molar refractivity (Wildman–Crippen MR) is 57.2 cm³/mol. The molecule has 15 heavy (non-hydrogen) atoms. The van der Waals surface area contributed by atoms with Crippen LogP contribution in [0.25, 0.3) is 0 Å². The van der Waals surface area contributed by atoms with Crippen LogP contribution >= 0.6 is 0 Å². The smallest absolute Gasteiger partial charge is 0.314 e. The molecule has 0 aromatic carbocycles. The number of carbonyl (C=O) groups excluding carboxylic acids is 1. The van der Waals surface area contributed by atoms with Crippen molar-refractivity contribution in [2.24, 2.45) is 17.3 Å². The van der Waals surface area contributed by atoms with E-state index in [0.29, 0.717) is 5.92 Å². The van der Waals surface area contributed by atoms with Gasteiger partial charge in [-0.25, -0.2) is 0 Å². The Hall–Kier alpha value is -0.790. The Morgan fingerprint density at radius 2 is 2.00 bits per heavy atom. The van der Waals surface area contributed by atoms with Gasteiger partial charge in [-0.1, -0.05) is 38.3 Å². The van der Waals surface area contributed by atoms with Crippen LogP contribution in [0.4, 0.5) is 0 Å². The van der Waals surface area contributed by atoms with Crippen molar-refractivity contribution in [3.8, 4) is 0 Å². The number of cyclic esters (lactones) is 1. The average Bonchev–Trinajstić information content (AvgIpc) is 2.66. The van der Waals surface area contributed by atoms with Gasteiger partial charge < -0.3 is 4.74 Å². The minimum Gasteiger partial charge on any atom is -0.461 e. The van der Waals surface area contributed by atoms with Gasteiger partial charge in [-0.15, -0.1) is 0 Å². The number of rotatable bonds is 1. The third-order valence-electron chi connectivity index (χ3n) is 4.70. The fraction of sp³-hybridized carbons (Fsp3) is 0.769. The second-order valence-electron chi connectivity index (χ2n) is 5.50. The van der Waals surface area contributed by atoms with Gasteiger partial charge >= 0.3 is 5.97 Å². The van der Waals surface area contributed by atoms with Crippen LogP contribution in [-0.2, 0) is 9.53 Å². The van der Waals surface area contributed by atoms with Gasteiger partial charge in [0.2, 0.25) is 0 Å². The van der Waals surface area contributed by atoms with Crippen LogP contribution in [-0.4, -0.2) is 12.1 Å². The Labute approximate surface area is 90.7 Å². The van der Waals surface area contributed by atoms with E-state index in [2.05, 4.69) is 13.5 Å². The SMILES string of the molecule is C=C1[C@H]2C(=O)O[C@H](C3CCCCC3)[C@@]12C. The highest BCUT2D eigenvalue weighted by Crippen LogP contribution is 2.67. The Morgan fingerprint density at radius 1 is 1.33 bits per heavy atom.